The highest BCUT2D eigenvalue weighted by Crippen LogP contribution is 2.13. The van der Waals surface area contributed by atoms with Crippen molar-refractivity contribution in [2.24, 2.45) is 0 Å². The summed E-state index contributed by atoms with van der Waals surface area (Å²) in [5, 5.41) is 0.472. The van der Waals surface area contributed by atoms with E-state index in [0.717, 1.165) is 12.1 Å². The molecule has 0 bridgehead atoms. The maximum absolute atomic E-state index is 13.4. The largest absolute Gasteiger partial charge is 0.332 e. The Labute approximate surface area is 175 Å². The zero-order chi connectivity index (χ0) is 21.1. The van der Waals surface area contributed by atoms with E-state index in [0.29, 0.717) is 29.8 Å². The van der Waals surface area contributed by atoms with Gasteiger partial charge in [-0.05, 0) is 37.6 Å². The molecular formula is C25H24N3O2+. The molecule has 1 aromatic carbocycles. The first-order valence-corrected chi connectivity index (χ1v) is 10.2. The normalized spacial score (nSPS) is 11.0. The molecule has 3 heterocycles. The Kier molecular flexibility index (Phi) is 5.53. The molecular weight excluding hydrogens is 374 g/mol. The number of benzene rings is 1. The van der Waals surface area contributed by atoms with Gasteiger partial charge in [0.1, 0.15) is 5.65 Å². The summed E-state index contributed by atoms with van der Waals surface area (Å²) in [6, 6.07) is 19.2. The molecule has 0 aliphatic heterocycles. The zero-order valence-corrected chi connectivity index (χ0v) is 17.2. The van der Waals surface area contributed by atoms with Crippen molar-refractivity contribution in [3.63, 3.8) is 0 Å². The first-order valence-electron chi connectivity index (χ1n) is 10.2. The second-order valence-electron chi connectivity index (χ2n) is 7.33. The van der Waals surface area contributed by atoms with E-state index in [1.165, 1.54) is 5.56 Å². The average Bonchev–Trinajstić information content (AvgIpc) is 2.78. The van der Waals surface area contributed by atoms with Gasteiger partial charge >= 0.3 is 0 Å². The van der Waals surface area contributed by atoms with Crippen molar-refractivity contribution < 1.29 is 9.36 Å². The molecule has 0 aliphatic rings. The molecule has 5 nitrogen and oxygen atoms in total. The fraction of sp³-hybridized carbons (Fsp3) is 0.200. The van der Waals surface area contributed by atoms with E-state index in [2.05, 4.69) is 17.1 Å². The Bertz CT molecular complexity index is 1280. The summed E-state index contributed by atoms with van der Waals surface area (Å²) in [7, 11) is 0. The molecule has 0 amide bonds. The van der Waals surface area contributed by atoms with Gasteiger partial charge in [-0.2, -0.15) is 4.57 Å². The lowest BCUT2D eigenvalue weighted by atomic mass is 10.1. The molecule has 0 spiro atoms. The average molecular weight is 398 g/mol. The van der Waals surface area contributed by atoms with Crippen molar-refractivity contribution >= 4 is 16.8 Å². The topological polar surface area (TPSA) is 55.8 Å². The van der Waals surface area contributed by atoms with Crippen molar-refractivity contribution in [2.45, 2.75) is 33.4 Å². The van der Waals surface area contributed by atoms with Crippen LogP contribution in [0.2, 0.25) is 0 Å². The standard InChI is InChI=1S/C25H24N3O2/c1-3-27-17-21(23(29)20-13-12-18(2)26-25(20)27)24(30)22-11-7-8-15-28(22)16-14-19-9-5-4-6-10-19/h4-13,15,17H,3,14,16H2,1-2H3/q+1. The summed E-state index contributed by atoms with van der Waals surface area (Å²) in [5.74, 6) is -0.265. The van der Waals surface area contributed by atoms with Crippen LogP contribution < -0.4 is 10.00 Å². The monoisotopic (exact) mass is 398 g/mol. The zero-order valence-electron chi connectivity index (χ0n) is 17.2. The molecule has 0 atom stereocenters. The molecule has 0 N–H and O–H groups in total. The SMILES string of the molecule is CCn1cc(C(=O)c2cccc[n+]2CCc2ccccc2)c(=O)c2ccc(C)nc21. The quantitative estimate of drug-likeness (QED) is 0.369. The lowest BCUT2D eigenvalue weighted by molar-refractivity contribution is -0.698. The maximum Gasteiger partial charge on any atom is 0.262 e. The minimum atomic E-state index is -0.273. The van der Waals surface area contributed by atoms with Crippen molar-refractivity contribution in [3.8, 4) is 0 Å². The Hall–Kier alpha value is -3.60. The highest BCUT2D eigenvalue weighted by molar-refractivity contribution is 6.07. The maximum atomic E-state index is 13.4. The van der Waals surface area contributed by atoms with Gasteiger partial charge in [-0.1, -0.05) is 30.3 Å². The predicted octanol–water partition coefficient (Wildman–Crippen LogP) is 3.49. The Morgan fingerprint density at radius 2 is 1.80 bits per heavy atom. The number of nitrogens with zero attached hydrogens (tertiary/aromatic N) is 3. The molecule has 30 heavy (non-hydrogen) atoms. The summed E-state index contributed by atoms with van der Waals surface area (Å²) in [6.07, 6.45) is 4.34. The van der Waals surface area contributed by atoms with E-state index in [1.807, 2.05) is 59.5 Å². The second kappa shape index (κ2) is 8.41. The van der Waals surface area contributed by atoms with Gasteiger partial charge in [0.2, 0.25) is 5.43 Å². The van der Waals surface area contributed by atoms with E-state index >= 15 is 0 Å². The summed E-state index contributed by atoms with van der Waals surface area (Å²) < 4.78 is 3.79. The molecule has 150 valence electrons. The van der Waals surface area contributed by atoms with Crippen LogP contribution >= 0.6 is 0 Å². The van der Waals surface area contributed by atoms with Crippen LogP contribution in [0.1, 0.15) is 34.2 Å². The summed E-state index contributed by atoms with van der Waals surface area (Å²) in [5.41, 5.74) is 3.06. The van der Waals surface area contributed by atoms with Gasteiger partial charge < -0.3 is 4.57 Å². The summed E-state index contributed by atoms with van der Waals surface area (Å²) in [6.45, 7) is 5.14. The van der Waals surface area contributed by atoms with Crippen LogP contribution in [0.3, 0.4) is 0 Å². The van der Waals surface area contributed by atoms with E-state index < -0.39 is 0 Å². The van der Waals surface area contributed by atoms with Crippen LogP contribution in [0.25, 0.3) is 11.0 Å². The number of carbonyl (C=O) groups excluding carboxylic acids is 1. The van der Waals surface area contributed by atoms with Crippen LogP contribution in [-0.4, -0.2) is 15.3 Å². The fourth-order valence-corrected chi connectivity index (χ4v) is 3.67. The number of pyridine rings is 3. The number of fused-ring (bicyclic) bond motifs is 1. The van der Waals surface area contributed by atoms with Crippen molar-refractivity contribution in [2.75, 3.05) is 0 Å². The summed E-state index contributed by atoms with van der Waals surface area (Å²) >= 11 is 0. The third kappa shape index (κ3) is 3.79. The molecule has 5 heteroatoms. The van der Waals surface area contributed by atoms with E-state index in [4.69, 9.17) is 0 Å². The van der Waals surface area contributed by atoms with Crippen molar-refractivity contribution in [1.29, 1.82) is 0 Å². The summed E-state index contributed by atoms with van der Waals surface area (Å²) in [4.78, 5) is 31.1. The lowest BCUT2D eigenvalue weighted by Crippen LogP contribution is -2.42. The van der Waals surface area contributed by atoms with Gasteiger partial charge in [-0.3, -0.25) is 9.59 Å². The Morgan fingerprint density at radius 3 is 2.57 bits per heavy atom. The molecule has 0 fully saturated rings. The number of rotatable bonds is 6. The second-order valence-corrected chi connectivity index (χ2v) is 7.33. The minimum Gasteiger partial charge on any atom is -0.332 e. The molecule has 0 aliphatic carbocycles. The van der Waals surface area contributed by atoms with Gasteiger partial charge in [0.25, 0.3) is 11.5 Å². The third-order valence-corrected chi connectivity index (χ3v) is 5.30. The Balaban J connectivity index is 1.75. The molecule has 0 radical (unpaired) electrons. The molecule has 3 aromatic heterocycles. The number of aromatic nitrogens is 3. The highest BCUT2D eigenvalue weighted by Gasteiger charge is 2.24. The van der Waals surface area contributed by atoms with Gasteiger partial charge in [-0.15, -0.1) is 0 Å². The minimum absolute atomic E-state index is 0.176. The van der Waals surface area contributed by atoms with Crippen LogP contribution in [-0.2, 0) is 19.5 Å². The van der Waals surface area contributed by atoms with Crippen molar-refractivity contribution in [3.05, 3.63) is 106 Å². The van der Waals surface area contributed by atoms with Gasteiger partial charge in [0.05, 0.1) is 10.9 Å². The molecule has 4 rings (SSSR count). The molecule has 0 saturated carbocycles. The van der Waals surface area contributed by atoms with E-state index in [-0.39, 0.29) is 16.8 Å². The molecule has 0 unspecified atom stereocenters. The number of ketones is 1. The van der Waals surface area contributed by atoms with E-state index in [1.54, 1.807) is 24.4 Å². The third-order valence-electron chi connectivity index (χ3n) is 5.30. The Morgan fingerprint density at radius 1 is 1.03 bits per heavy atom. The predicted molar refractivity (Wildman–Crippen MR) is 117 cm³/mol. The van der Waals surface area contributed by atoms with Crippen LogP contribution in [0.5, 0.6) is 0 Å². The van der Waals surface area contributed by atoms with Crippen LogP contribution in [0.4, 0.5) is 0 Å². The number of hydrogen-bond acceptors (Lipinski definition) is 3. The highest BCUT2D eigenvalue weighted by atomic mass is 16.1. The number of aryl methyl sites for hydroxylation is 4. The van der Waals surface area contributed by atoms with E-state index in [9.17, 15) is 9.59 Å². The van der Waals surface area contributed by atoms with Gasteiger partial charge in [0.15, 0.2) is 12.7 Å². The number of hydrogen-bond donors (Lipinski definition) is 0. The number of carbonyl (C=O) groups is 1. The lowest BCUT2D eigenvalue weighted by Gasteiger charge is -2.11. The molecule has 4 aromatic rings. The van der Waals surface area contributed by atoms with Crippen LogP contribution in [0, 0.1) is 6.92 Å². The molecule has 0 saturated heterocycles. The van der Waals surface area contributed by atoms with Gasteiger partial charge in [0, 0.05) is 37.0 Å². The first kappa shape index (κ1) is 19.7. The first-order chi connectivity index (χ1) is 14.6. The fourth-order valence-electron chi connectivity index (χ4n) is 3.67. The van der Waals surface area contributed by atoms with Crippen molar-refractivity contribution in [1.82, 2.24) is 9.55 Å². The van der Waals surface area contributed by atoms with Gasteiger partial charge in [-0.25, -0.2) is 4.98 Å². The van der Waals surface area contributed by atoms with Crippen LogP contribution in [0.15, 0.2) is 77.9 Å². The smallest absolute Gasteiger partial charge is 0.262 e.